The van der Waals surface area contributed by atoms with E-state index >= 15 is 0 Å². The molecular weight excluding hydrogens is 150 g/mol. The van der Waals surface area contributed by atoms with E-state index in [-0.39, 0.29) is 6.10 Å². The highest BCUT2D eigenvalue weighted by Crippen LogP contribution is 2.31. The number of ether oxygens (including phenoxy) is 1. The van der Waals surface area contributed by atoms with E-state index in [1.165, 1.54) is 5.56 Å². The Kier molecular flexibility index (Phi) is 1.68. The standard InChI is InChI=1S/C10H13NO/c1-7-4-3-5-9-10(7)12-8(2)6-11-9/h3-5,8,11H,6H2,1-2H3/t8-/m0/s1. The normalized spacial score (nSPS) is 20.7. The van der Waals surface area contributed by atoms with Crippen molar-refractivity contribution in [3.05, 3.63) is 23.8 Å². The van der Waals surface area contributed by atoms with Gasteiger partial charge in [-0.3, -0.25) is 0 Å². The molecule has 0 unspecified atom stereocenters. The fourth-order valence-electron chi connectivity index (χ4n) is 1.44. The number of anilines is 1. The Bertz CT molecular complexity index is 296. The van der Waals surface area contributed by atoms with Gasteiger partial charge in [-0.1, -0.05) is 12.1 Å². The Labute approximate surface area is 72.5 Å². The summed E-state index contributed by atoms with van der Waals surface area (Å²) in [4.78, 5) is 0. The minimum atomic E-state index is 0.276. The van der Waals surface area contributed by atoms with E-state index in [4.69, 9.17) is 4.74 Å². The topological polar surface area (TPSA) is 21.3 Å². The molecule has 0 radical (unpaired) electrons. The summed E-state index contributed by atoms with van der Waals surface area (Å²) in [5.41, 5.74) is 2.32. The highest BCUT2D eigenvalue weighted by Gasteiger charge is 2.15. The molecule has 2 rings (SSSR count). The molecule has 1 aromatic carbocycles. The first-order chi connectivity index (χ1) is 5.77. The minimum Gasteiger partial charge on any atom is -0.486 e. The van der Waals surface area contributed by atoms with Gasteiger partial charge < -0.3 is 10.1 Å². The van der Waals surface area contributed by atoms with Crippen molar-refractivity contribution in [1.29, 1.82) is 0 Å². The van der Waals surface area contributed by atoms with Crippen LogP contribution in [0.25, 0.3) is 0 Å². The molecule has 0 fully saturated rings. The fraction of sp³-hybridized carbons (Fsp3) is 0.400. The first-order valence-electron chi connectivity index (χ1n) is 4.27. The third kappa shape index (κ3) is 1.13. The molecule has 64 valence electrons. The largest absolute Gasteiger partial charge is 0.486 e. The third-order valence-electron chi connectivity index (χ3n) is 2.11. The molecule has 1 atom stereocenters. The van der Waals surface area contributed by atoms with Gasteiger partial charge in [-0.25, -0.2) is 0 Å². The minimum absolute atomic E-state index is 0.276. The number of hydrogen-bond acceptors (Lipinski definition) is 2. The third-order valence-corrected chi connectivity index (χ3v) is 2.11. The number of hydrogen-bond donors (Lipinski definition) is 1. The zero-order valence-corrected chi connectivity index (χ0v) is 7.42. The zero-order chi connectivity index (χ0) is 8.55. The second kappa shape index (κ2) is 2.70. The summed E-state index contributed by atoms with van der Waals surface area (Å²) in [5, 5.41) is 3.33. The number of benzene rings is 1. The van der Waals surface area contributed by atoms with Crippen molar-refractivity contribution in [2.45, 2.75) is 20.0 Å². The van der Waals surface area contributed by atoms with Gasteiger partial charge in [0.25, 0.3) is 0 Å². The fourth-order valence-corrected chi connectivity index (χ4v) is 1.44. The van der Waals surface area contributed by atoms with E-state index in [1.807, 2.05) is 12.1 Å². The number of fused-ring (bicyclic) bond motifs is 1. The van der Waals surface area contributed by atoms with Gasteiger partial charge in [0.05, 0.1) is 12.2 Å². The number of para-hydroxylation sites is 1. The van der Waals surface area contributed by atoms with Crippen molar-refractivity contribution in [2.75, 3.05) is 11.9 Å². The van der Waals surface area contributed by atoms with Gasteiger partial charge in [0.2, 0.25) is 0 Å². The summed E-state index contributed by atoms with van der Waals surface area (Å²) in [5.74, 6) is 1.01. The Morgan fingerprint density at radius 1 is 1.50 bits per heavy atom. The van der Waals surface area contributed by atoms with E-state index in [0.29, 0.717) is 0 Å². The van der Waals surface area contributed by atoms with Gasteiger partial charge in [0, 0.05) is 0 Å². The quantitative estimate of drug-likeness (QED) is 0.633. The highest BCUT2D eigenvalue weighted by molar-refractivity contribution is 5.61. The summed E-state index contributed by atoms with van der Waals surface area (Å²) < 4.78 is 5.70. The maximum atomic E-state index is 5.70. The predicted octanol–water partition coefficient (Wildman–Crippen LogP) is 2.19. The van der Waals surface area contributed by atoms with Gasteiger partial charge in [-0.2, -0.15) is 0 Å². The van der Waals surface area contributed by atoms with Crippen molar-refractivity contribution in [3.8, 4) is 5.75 Å². The molecular formula is C10H13NO. The van der Waals surface area contributed by atoms with Crippen LogP contribution in [0.2, 0.25) is 0 Å². The van der Waals surface area contributed by atoms with Gasteiger partial charge in [-0.05, 0) is 25.5 Å². The van der Waals surface area contributed by atoms with Crippen LogP contribution in [0.4, 0.5) is 5.69 Å². The second-order valence-corrected chi connectivity index (χ2v) is 3.26. The van der Waals surface area contributed by atoms with Crippen LogP contribution in [-0.4, -0.2) is 12.6 Å². The average Bonchev–Trinajstić information content (AvgIpc) is 2.07. The molecule has 12 heavy (non-hydrogen) atoms. The van der Waals surface area contributed by atoms with E-state index in [9.17, 15) is 0 Å². The van der Waals surface area contributed by atoms with Crippen molar-refractivity contribution in [3.63, 3.8) is 0 Å². The molecule has 1 heterocycles. The van der Waals surface area contributed by atoms with Crippen molar-refractivity contribution in [1.82, 2.24) is 0 Å². The summed E-state index contributed by atoms with van der Waals surface area (Å²) in [6.45, 7) is 5.04. The molecule has 1 aliphatic heterocycles. The van der Waals surface area contributed by atoms with Crippen LogP contribution in [0.1, 0.15) is 12.5 Å². The van der Waals surface area contributed by atoms with E-state index in [2.05, 4.69) is 25.2 Å². The first-order valence-corrected chi connectivity index (χ1v) is 4.27. The van der Waals surface area contributed by atoms with Gasteiger partial charge in [0.15, 0.2) is 0 Å². The van der Waals surface area contributed by atoms with Crippen molar-refractivity contribution in [2.24, 2.45) is 0 Å². The smallest absolute Gasteiger partial charge is 0.145 e. The molecule has 2 nitrogen and oxygen atoms in total. The summed E-state index contributed by atoms with van der Waals surface area (Å²) >= 11 is 0. The van der Waals surface area contributed by atoms with Crippen LogP contribution in [0, 0.1) is 6.92 Å². The molecule has 1 aliphatic rings. The Morgan fingerprint density at radius 3 is 3.17 bits per heavy atom. The number of nitrogens with one attached hydrogen (secondary N) is 1. The molecule has 1 aromatic rings. The maximum Gasteiger partial charge on any atom is 0.145 e. The molecule has 0 aliphatic carbocycles. The lowest BCUT2D eigenvalue weighted by molar-refractivity contribution is 0.224. The van der Waals surface area contributed by atoms with Crippen molar-refractivity contribution < 1.29 is 4.74 Å². The molecule has 0 aromatic heterocycles. The summed E-state index contributed by atoms with van der Waals surface area (Å²) in [6, 6.07) is 6.16. The van der Waals surface area contributed by atoms with Gasteiger partial charge in [0.1, 0.15) is 11.9 Å². The number of aryl methyl sites for hydroxylation is 1. The lowest BCUT2D eigenvalue weighted by Gasteiger charge is -2.25. The lowest BCUT2D eigenvalue weighted by atomic mass is 10.1. The highest BCUT2D eigenvalue weighted by atomic mass is 16.5. The van der Waals surface area contributed by atoms with Crippen LogP contribution < -0.4 is 10.1 Å². The van der Waals surface area contributed by atoms with Crippen LogP contribution in [0.15, 0.2) is 18.2 Å². The van der Waals surface area contributed by atoms with Crippen molar-refractivity contribution >= 4 is 5.69 Å². The molecule has 1 N–H and O–H groups in total. The summed E-state index contributed by atoms with van der Waals surface area (Å²) in [7, 11) is 0. The zero-order valence-electron chi connectivity index (χ0n) is 7.42. The van der Waals surface area contributed by atoms with E-state index < -0.39 is 0 Å². The predicted molar refractivity (Wildman–Crippen MR) is 49.8 cm³/mol. The summed E-state index contributed by atoms with van der Waals surface area (Å²) in [6.07, 6.45) is 0.276. The van der Waals surface area contributed by atoms with Crippen LogP contribution in [0.5, 0.6) is 5.75 Å². The average molecular weight is 163 g/mol. The number of rotatable bonds is 0. The SMILES string of the molecule is Cc1cccc2c1O[C@@H](C)CN2. The molecule has 0 saturated heterocycles. The lowest BCUT2D eigenvalue weighted by Crippen LogP contribution is -2.28. The Hall–Kier alpha value is -1.18. The first kappa shape index (κ1) is 7.47. The monoisotopic (exact) mass is 163 g/mol. The van der Waals surface area contributed by atoms with Crippen LogP contribution >= 0.6 is 0 Å². The second-order valence-electron chi connectivity index (χ2n) is 3.26. The van der Waals surface area contributed by atoms with Crippen LogP contribution in [0.3, 0.4) is 0 Å². The van der Waals surface area contributed by atoms with E-state index in [1.54, 1.807) is 0 Å². The Balaban J connectivity index is 2.43. The van der Waals surface area contributed by atoms with Crippen LogP contribution in [-0.2, 0) is 0 Å². The maximum absolute atomic E-state index is 5.70. The van der Waals surface area contributed by atoms with E-state index in [0.717, 1.165) is 18.0 Å². The molecule has 2 heteroatoms. The molecule has 0 amide bonds. The van der Waals surface area contributed by atoms with Gasteiger partial charge in [-0.15, -0.1) is 0 Å². The Morgan fingerprint density at radius 2 is 2.33 bits per heavy atom. The molecule has 0 bridgehead atoms. The van der Waals surface area contributed by atoms with Gasteiger partial charge >= 0.3 is 0 Å². The molecule has 0 spiro atoms. The molecule has 0 saturated carbocycles.